The van der Waals surface area contributed by atoms with Gasteiger partial charge in [-0.1, -0.05) is 45.0 Å². The number of nitrogens with zero attached hydrogens (tertiary/aromatic N) is 2. The van der Waals surface area contributed by atoms with Gasteiger partial charge in [-0.15, -0.1) is 0 Å². The number of fused-ring (bicyclic) bond motifs is 1. The smallest absolute Gasteiger partial charge is 0.295 e. The molecule has 0 aliphatic carbocycles. The first kappa shape index (κ1) is 24.0. The summed E-state index contributed by atoms with van der Waals surface area (Å²) in [5.41, 5.74) is 3.69. The number of amides is 1. The molecule has 2 aliphatic rings. The van der Waals surface area contributed by atoms with Gasteiger partial charge in [0.2, 0.25) is 0 Å². The van der Waals surface area contributed by atoms with E-state index < -0.39 is 17.7 Å². The van der Waals surface area contributed by atoms with Crippen molar-refractivity contribution < 1.29 is 19.4 Å². The molecule has 0 spiro atoms. The maximum absolute atomic E-state index is 13.3. The van der Waals surface area contributed by atoms with Crippen LogP contribution in [0.2, 0.25) is 0 Å². The van der Waals surface area contributed by atoms with E-state index in [0.29, 0.717) is 18.7 Å². The van der Waals surface area contributed by atoms with Gasteiger partial charge in [-0.25, -0.2) is 0 Å². The fourth-order valence-corrected chi connectivity index (χ4v) is 4.91. The molecule has 2 aromatic carbocycles. The van der Waals surface area contributed by atoms with Crippen molar-refractivity contribution in [3.63, 3.8) is 0 Å². The van der Waals surface area contributed by atoms with Gasteiger partial charge in [0.25, 0.3) is 11.7 Å². The van der Waals surface area contributed by atoms with Crippen LogP contribution in [0.25, 0.3) is 5.76 Å². The Bertz CT molecular complexity index is 1100. The Kier molecular flexibility index (Phi) is 7.08. The van der Waals surface area contributed by atoms with Crippen molar-refractivity contribution in [1.29, 1.82) is 0 Å². The number of carbonyl (C=O) groups excluding carboxylic acids is 2. The van der Waals surface area contributed by atoms with Crippen LogP contribution >= 0.6 is 0 Å². The van der Waals surface area contributed by atoms with E-state index in [9.17, 15) is 14.7 Å². The van der Waals surface area contributed by atoms with Crippen molar-refractivity contribution in [3.05, 3.63) is 70.3 Å². The molecule has 0 aromatic heterocycles. The molecule has 6 heteroatoms. The number of hydrogen-bond donors (Lipinski definition) is 1. The Morgan fingerprint density at radius 1 is 1.09 bits per heavy atom. The van der Waals surface area contributed by atoms with E-state index in [2.05, 4.69) is 25.7 Å². The normalized spacial score (nSPS) is 21.3. The molecule has 1 amide bonds. The van der Waals surface area contributed by atoms with Crippen molar-refractivity contribution in [3.8, 4) is 5.75 Å². The number of aryl methyl sites for hydroxylation is 1. The van der Waals surface area contributed by atoms with E-state index in [1.165, 1.54) is 5.56 Å². The average molecular weight is 463 g/mol. The van der Waals surface area contributed by atoms with Crippen LogP contribution in [0.4, 0.5) is 0 Å². The van der Waals surface area contributed by atoms with Crippen molar-refractivity contribution in [2.45, 2.75) is 52.7 Å². The first-order chi connectivity index (χ1) is 16.4. The first-order valence-electron chi connectivity index (χ1n) is 12.3. The number of rotatable bonds is 8. The van der Waals surface area contributed by atoms with Crippen molar-refractivity contribution in [2.75, 3.05) is 26.2 Å². The third-order valence-electron chi connectivity index (χ3n) is 6.96. The highest BCUT2D eigenvalue weighted by molar-refractivity contribution is 6.46. The third-order valence-corrected chi connectivity index (χ3v) is 6.96. The summed E-state index contributed by atoms with van der Waals surface area (Å²) in [6, 6.07) is 12.8. The monoisotopic (exact) mass is 462 g/mol. The number of aliphatic hydroxyl groups is 1. The third kappa shape index (κ3) is 4.47. The molecule has 1 saturated heterocycles. The lowest BCUT2D eigenvalue weighted by atomic mass is 9.93. The molecular formula is C28H34N2O4. The number of benzene rings is 2. The predicted molar refractivity (Wildman–Crippen MR) is 133 cm³/mol. The molecule has 0 saturated carbocycles. The molecule has 4 rings (SSSR count). The molecule has 0 bridgehead atoms. The molecule has 1 fully saturated rings. The molecule has 180 valence electrons. The summed E-state index contributed by atoms with van der Waals surface area (Å²) in [4.78, 5) is 30.3. The summed E-state index contributed by atoms with van der Waals surface area (Å²) in [6.07, 6.45) is 1.73. The fourth-order valence-electron chi connectivity index (χ4n) is 4.91. The molecule has 2 heterocycles. The van der Waals surface area contributed by atoms with E-state index in [1.54, 1.807) is 11.0 Å². The number of ketones is 1. The van der Waals surface area contributed by atoms with E-state index in [4.69, 9.17) is 4.74 Å². The number of Topliss-reactive ketones (excluding diaryl/α,β-unsaturated/α-hetero) is 1. The van der Waals surface area contributed by atoms with Crippen molar-refractivity contribution in [1.82, 2.24) is 9.80 Å². The topological polar surface area (TPSA) is 70.1 Å². The van der Waals surface area contributed by atoms with E-state index >= 15 is 0 Å². The largest absolute Gasteiger partial charge is 0.507 e. The summed E-state index contributed by atoms with van der Waals surface area (Å²) in [6.45, 7) is 11.1. The zero-order valence-corrected chi connectivity index (χ0v) is 20.5. The Morgan fingerprint density at radius 3 is 2.44 bits per heavy atom. The highest BCUT2D eigenvalue weighted by Gasteiger charge is 2.46. The molecule has 1 N–H and O–H groups in total. The minimum absolute atomic E-state index is 0.0788. The lowest BCUT2D eigenvalue weighted by Crippen LogP contribution is -2.38. The highest BCUT2D eigenvalue weighted by Crippen LogP contribution is 2.40. The molecule has 2 unspecified atom stereocenters. The van der Waals surface area contributed by atoms with Gasteiger partial charge in [0, 0.05) is 25.1 Å². The van der Waals surface area contributed by atoms with Crippen molar-refractivity contribution in [2.24, 2.45) is 0 Å². The fraction of sp³-hybridized carbons (Fsp3) is 0.429. The summed E-state index contributed by atoms with van der Waals surface area (Å²) < 4.78 is 5.78. The Morgan fingerprint density at radius 2 is 1.79 bits per heavy atom. The summed E-state index contributed by atoms with van der Waals surface area (Å²) >= 11 is 0. The van der Waals surface area contributed by atoms with E-state index in [0.717, 1.165) is 42.8 Å². The van der Waals surface area contributed by atoms with Gasteiger partial charge in [-0.05, 0) is 61.3 Å². The summed E-state index contributed by atoms with van der Waals surface area (Å²) in [5.74, 6) is -0.519. The van der Waals surface area contributed by atoms with Crippen LogP contribution in [0, 0.1) is 0 Å². The Labute approximate surface area is 201 Å². The van der Waals surface area contributed by atoms with Crippen LogP contribution in [0.5, 0.6) is 5.75 Å². The molecule has 0 radical (unpaired) electrons. The van der Waals surface area contributed by atoms with Gasteiger partial charge in [-0.3, -0.25) is 9.59 Å². The van der Waals surface area contributed by atoms with E-state index in [-0.39, 0.29) is 17.4 Å². The Balaban J connectivity index is 1.77. The van der Waals surface area contributed by atoms with Crippen LogP contribution in [-0.2, 0) is 22.4 Å². The number of hydrogen-bond acceptors (Lipinski definition) is 5. The highest BCUT2D eigenvalue weighted by atomic mass is 16.5. The number of likely N-dealkylation sites (tertiary alicyclic amines) is 1. The zero-order chi connectivity index (χ0) is 24.4. The average Bonchev–Trinajstić information content (AvgIpc) is 3.35. The van der Waals surface area contributed by atoms with Crippen LogP contribution in [0.15, 0.2) is 48.0 Å². The van der Waals surface area contributed by atoms with Gasteiger partial charge < -0.3 is 19.6 Å². The van der Waals surface area contributed by atoms with Gasteiger partial charge in [0.1, 0.15) is 17.6 Å². The molecule has 2 atom stereocenters. The van der Waals surface area contributed by atoms with Crippen LogP contribution in [-0.4, -0.2) is 58.9 Å². The maximum atomic E-state index is 13.3. The predicted octanol–water partition coefficient (Wildman–Crippen LogP) is 4.34. The molecule has 34 heavy (non-hydrogen) atoms. The number of likely N-dealkylation sites (N-methyl/N-ethyl adjacent to an activating group) is 1. The van der Waals surface area contributed by atoms with Crippen LogP contribution in [0.1, 0.15) is 56.0 Å². The van der Waals surface area contributed by atoms with Gasteiger partial charge in [0.15, 0.2) is 0 Å². The van der Waals surface area contributed by atoms with Gasteiger partial charge >= 0.3 is 0 Å². The number of aliphatic hydroxyl groups excluding tert-OH is 1. The molecule has 6 nitrogen and oxygen atoms in total. The Hall–Kier alpha value is -3.12. The molecule has 2 aromatic rings. The number of ether oxygens (including phenoxy) is 1. The quantitative estimate of drug-likeness (QED) is 0.359. The second-order valence-electron chi connectivity index (χ2n) is 9.07. The molecule has 2 aliphatic heterocycles. The summed E-state index contributed by atoms with van der Waals surface area (Å²) in [5, 5.41) is 11.4. The SMILES string of the molecule is CCc1ccc(C2C(=C(O)c3ccc4c(c3)CC(C)O4)C(=O)C(=O)N2CCN(CC)CC)cc1. The maximum Gasteiger partial charge on any atom is 0.295 e. The lowest BCUT2D eigenvalue weighted by molar-refractivity contribution is -0.140. The van der Waals surface area contributed by atoms with Crippen LogP contribution in [0.3, 0.4) is 0 Å². The zero-order valence-electron chi connectivity index (χ0n) is 20.5. The van der Waals surface area contributed by atoms with Crippen LogP contribution < -0.4 is 4.74 Å². The second kappa shape index (κ2) is 10.0. The second-order valence-corrected chi connectivity index (χ2v) is 9.07. The van der Waals surface area contributed by atoms with Gasteiger partial charge in [-0.2, -0.15) is 0 Å². The summed E-state index contributed by atoms with van der Waals surface area (Å²) in [7, 11) is 0. The number of carbonyl (C=O) groups is 2. The molecular weight excluding hydrogens is 428 g/mol. The minimum atomic E-state index is -0.633. The van der Waals surface area contributed by atoms with E-state index in [1.807, 2.05) is 43.3 Å². The first-order valence-corrected chi connectivity index (χ1v) is 12.3. The standard InChI is InChI=1S/C28H34N2O4/c1-5-19-8-10-20(11-9-19)25-24(27(32)28(33)30(25)15-14-29(6-2)7-3)26(31)21-12-13-23-22(17-21)16-18(4)34-23/h8-13,17-18,25,31H,5-7,14-16H2,1-4H3. The lowest BCUT2D eigenvalue weighted by Gasteiger charge is -2.28. The van der Waals surface area contributed by atoms with Crippen molar-refractivity contribution >= 4 is 17.4 Å². The van der Waals surface area contributed by atoms with Gasteiger partial charge in [0.05, 0.1) is 11.6 Å². The minimum Gasteiger partial charge on any atom is -0.507 e.